The Bertz CT molecular complexity index is 266. The number of rotatable bonds is 4. The maximum atomic E-state index is 5.44. The molecular formula is C15H28N2S. The Labute approximate surface area is 117 Å². The van der Waals surface area contributed by atoms with E-state index in [2.05, 4.69) is 17.6 Å². The van der Waals surface area contributed by atoms with Crippen LogP contribution in [0.3, 0.4) is 0 Å². The summed E-state index contributed by atoms with van der Waals surface area (Å²) in [5.41, 5.74) is 0.526. The molecule has 2 N–H and O–H groups in total. The monoisotopic (exact) mass is 268 g/mol. The molecule has 0 atom stereocenters. The van der Waals surface area contributed by atoms with Crippen molar-refractivity contribution in [3.63, 3.8) is 0 Å². The molecule has 0 radical (unpaired) electrons. The lowest BCUT2D eigenvalue weighted by atomic mass is 9.83. The minimum absolute atomic E-state index is 0.526. The van der Waals surface area contributed by atoms with Crippen molar-refractivity contribution >= 4 is 17.3 Å². The Hall–Kier alpha value is -0.310. The van der Waals surface area contributed by atoms with E-state index in [9.17, 15) is 0 Å². The van der Waals surface area contributed by atoms with Gasteiger partial charge in [-0.05, 0) is 49.7 Å². The van der Waals surface area contributed by atoms with Crippen LogP contribution in [0.2, 0.25) is 0 Å². The maximum absolute atomic E-state index is 5.44. The van der Waals surface area contributed by atoms with Gasteiger partial charge < -0.3 is 10.6 Å². The molecule has 0 aromatic heterocycles. The van der Waals surface area contributed by atoms with Gasteiger partial charge in [0.25, 0.3) is 0 Å². The minimum Gasteiger partial charge on any atom is -0.362 e. The third kappa shape index (κ3) is 3.84. The van der Waals surface area contributed by atoms with Gasteiger partial charge in [0, 0.05) is 12.6 Å². The fourth-order valence-corrected chi connectivity index (χ4v) is 3.77. The van der Waals surface area contributed by atoms with Crippen molar-refractivity contribution in [2.45, 2.75) is 77.2 Å². The molecule has 2 aliphatic carbocycles. The molecule has 2 nitrogen and oxygen atoms in total. The van der Waals surface area contributed by atoms with Gasteiger partial charge in [-0.25, -0.2) is 0 Å². The fourth-order valence-electron chi connectivity index (χ4n) is 3.53. The lowest BCUT2D eigenvalue weighted by Crippen LogP contribution is -2.46. The zero-order valence-corrected chi connectivity index (χ0v) is 12.6. The molecule has 2 rings (SSSR count). The van der Waals surface area contributed by atoms with Crippen molar-refractivity contribution in [3.05, 3.63) is 0 Å². The van der Waals surface area contributed by atoms with E-state index in [-0.39, 0.29) is 0 Å². The molecule has 18 heavy (non-hydrogen) atoms. The average molecular weight is 268 g/mol. The smallest absolute Gasteiger partial charge is 0.166 e. The molecule has 104 valence electrons. The summed E-state index contributed by atoms with van der Waals surface area (Å²) in [6.45, 7) is 3.40. The highest BCUT2D eigenvalue weighted by molar-refractivity contribution is 7.80. The van der Waals surface area contributed by atoms with Crippen LogP contribution in [0.1, 0.15) is 71.1 Å². The molecule has 2 aliphatic rings. The van der Waals surface area contributed by atoms with Crippen LogP contribution in [0.4, 0.5) is 0 Å². The summed E-state index contributed by atoms with van der Waals surface area (Å²) in [5.74, 6) is 0. The van der Waals surface area contributed by atoms with Gasteiger partial charge in [-0.1, -0.05) is 39.0 Å². The van der Waals surface area contributed by atoms with Gasteiger partial charge in [0.2, 0.25) is 0 Å². The van der Waals surface area contributed by atoms with Crippen molar-refractivity contribution in [2.75, 3.05) is 6.54 Å². The highest BCUT2D eigenvalue weighted by Gasteiger charge is 2.31. The second-order valence-corrected chi connectivity index (χ2v) is 6.63. The zero-order valence-electron chi connectivity index (χ0n) is 11.8. The molecule has 0 heterocycles. The van der Waals surface area contributed by atoms with E-state index in [1.165, 1.54) is 64.2 Å². The summed E-state index contributed by atoms with van der Waals surface area (Å²) in [6.07, 6.45) is 13.5. The third-order valence-electron chi connectivity index (χ3n) is 4.98. The van der Waals surface area contributed by atoms with Crippen LogP contribution in [0.5, 0.6) is 0 Å². The lowest BCUT2D eigenvalue weighted by molar-refractivity contribution is 0.283. The molecular weight excluding hydrogens is 240 g/mol. The second-order valence-electron chi connectivity index (χ2n) is 6.22. The molecule has 3 heteroatoms. The van der Waals surface area contributed by atoms with Gasteiger partial charge in [-0.3, -0.25) is 0 Å². The number of nitrogens with one attached hydrogen (secondary N) is 2. The van der Waals surface area contributed by atoms with Crippen LogP contribution in [0.15, 0.2) is 0 Å². The van der Waals surface area contributed by atoms with E-state index < -0.39 is 0 Å². The third-order valence-corrected chi connectivity index (χ3v) is 5.24. The van der Waals surface area contributed by atoms with Gasteiger partial charge >= 0.3 is 0 Å². The maximum Gasteiger partial charge on any atom is 0.166 e. The van der Waals surface area contributed by atoms with Crippen LogP contribution < -0.4 is 10.6 Å². The van der Waals surface area contributed by atoms with Gasteiger partial charge in [-0.15, -0.1) is 0 Å². The number of hydrogen-bond donors (Lipinski definition) is 2. The summed E-state index contributed by atoms with van der Waals surface area (Å²) >= 11 is 5.44. The van der Waals surface area contributed by atoms with E-state index in [1.807, 2.05) is 0 Å². The van der Waals surface area contributed by atoms with Gasteiger partial charge in [-0.2, -0.15) is 0 Å². The van der Waals surface area contributed by atoms with Crippen molar-refractivity contribution in [2.24, 2.45) is 5.41 Å². The van der Waals surface area contributed by atoms with Crippen molar-refractivity contribution in [1.29, 1.82) is 0 Å². The Balaban J connectivity index is 1.70. The topological polar surface area (TPSA) is 24.1 Å². The molecule has 0 amide bonds. The van der Waals surface area contributed by atoms with Crippen molar-refractivity contribution in [3.8, 4) is 0 Å². The van der Waals surface area contributed by atoms with Gasteiger partial charge in [0.1, 0.15) is 0 Å². The van der Waals surface area contributed by atoms with Gasteiger partial charge in [0.15, 0.2) is 5.11 Å². The summed E-state index contributed by atoms with van der Waals surface area (Å²) in [4.78, 5) is 0. The zero-order chi connectivity index (χ0) is 12.8. The predicted octanol–water partition coefficient (Wildman–Crippen LogP) is 3.75. The van der Waals surface area contributed by atoms with Crippen LogP contribution in [0, 0.1) is 5.41 Å². The van der Waals surface area contributed by atoms with E-state index in [1.54, 1.807) is 0 Å². The number of thiocarbonyl (C=S) groups is 1. The summed E-state index contributed by atoms with van der Waals surface area (Å²) in [6, 6.07) is 0.625. The van der Waals surface area contributed by atoms with Crippen molar-refractivity contribution < 1.29 is 0 Å². The molecule has 0 aliphatic heterocycles. The first-order chi connectivity index (χ1) is 8.74. The van der Waals surface area contributed by atoms with E-state index in [0.29, 0.717) is 11.5 Å². The Morgan fingerprint density at radius 3 is 2.39 bits per heavy atom. The average Bonchev–Trinajstić information content (AvgIpc) is 2.87. The van der Waals surface area contributed by atoms with Crippen LogP contribution in [-0.4, -0.2) is 17.7 Å². The second kappa shape index (κ2) is 6.74. The van der Waals surface area contributed by atoms with E-state index in [0.717, 1.165) is 11.7 Å². The Morgan fingerprint density at radius 2 is 1.78 bits per heavy atom. The van der Waals surface area contributed by atoms with E-state index in [4.69, 9.17) is 12.2 Å². The van der Waals surface area contributed by atoms with Crippen LogP contribution in [0.25, 0.3) is 0 Å². The van der Waals surface area contributed by atoms with Gasteiger partial charge in [0.05, 0.1) is 0 Å². The molecule has 0 saturated heterocycles. The lowest BCUT2D eigenvalue weighted by Gasteiger charge is -2.30. The highest BCUT2D eigenvalue weighted by atomic mass is 32.1. The normalized spacial score (nSPS) is 23.8. The molecule has 2 fully saturated rings. The largest absolute Gasteiger partial charge is 0.362 e. The molecule has 0 bridgehead atoms. The standard InChI is InChI=1S/C15H28N2S/c1-2-15(10-6-7-11-15)12-16-14(18)17-13-8-4-3-5-9-13/h13H,2-12H2,1H3,(H2,16,17,18). The van der Waals surface area contributed by atoms with Crippen molar-refractivity contribution in [1.82, 2.24) is 10.6 Å². The van der Waals surface area contributed by atoms with E-state index >= 15 is 0 Å². The molecule has 0 spiro atoms. The Kier molecular flexibility index (Phi) is 5.28. The molecule has 2 saturated carbocycles. The van der Waals surface area contributed by atoms with Crippen LogP contribution in [-0.2, 0) is 0 Å². The summed E-state index contributed by atoms with van der Waals surface area (Å²) in [7, 11) is 0. The first-order valence-corrected chi connectivity index (χ1v) is 8.19. The van der Waals surface area contributed by atoms with Crippen LogP contribution >= 0.6 is 12.2 Å². The molecule has 0 aromatic rings. The SMILES string of the molecule is CCC1(CNC(=S)NC2CCCCC2)CCCC1. The summed E-state index contributed by atoms with van der Waals surface area (Å²) in [5, 5.41) is 7.88. The first kappa shape index (κ1) is 14.1. The number of hydrogen-bond acceptors (Lipinski definition) is 1. The first-order valence-electron chi connectivity index (χ1n) is 7.78. The fraction of sp³-hybridized carbons (Fsp3) is 0.933. The quantitative estimate of drug-likeness (QED) is 0.759. The Morgan fingerprint density at radius 1 is 1.11 bits per heavy atom. The minimum atomic E-state index is 0.526. The predicted molar refractivity (Wildman–Crippen MR) is 81.8 cm³/mol. The highest BCUT2D eigenvalue weighted by Crippen LogP contribution is 2.40. The molecule has 0 unspecified atom stereocenters. The summed E-state index contributed by atoms with van der Waals surface area (Å²) < 4.78 is 0. The molecule has 0 aromatic carbocycles.